The van der Waals surface area contributed by atoms with Crippen molar-refractivity contribution in [3.05, 3.63) is 59.9 Å². The molecular weight excluding hydrogens is 378 g/mol. The lowest BCUT2D eigenvalue weighted by molar-refractivity contribution is -0.137. The predicted octanol–water partition coefficient (Wildman–Crippen LogP) is 3.57. The summed E-state index contributed by atoms with van der Waals surface area (Å²) < 4.78 is 6.13. The van der Waals surface area contributed by atoms with Crippen molar-refractivity contribution in [2.24, 2.45) is 5.92 Å². The first kappa shape index (κ1) is 20.4. The molecule has 1 saturated carbocycles. The van der Waals surface area contributed by atoms with Crippen LogP contribution in [0.3, 0.4) is 0 Å². The molecule has 0 bridgehead atoms. The Bertz CT molecular complexity index is 857. The lowest BCUT2D eigenvalue weighted by Crippen LogP contribution is -2.44. The van der Waals surface area contributed by atoms with Gasteiger partial charge in [0.05, 0.1) is 12.2 Å². The average Bonchev–Trinajstić information content (AvgIpc) is 3.33. The van der Waals surface area contributed by atoms with Gasteiger partial charge in [-0.25, -0.2) is 0 Å². The second-order valence-corrected chi connectivity index (χ2v) is 8.16. The summed E-state index contributed by atoms with van der Waals surface area (Å²) >= 11 is 0. The first-order valence-corrected chi connectivity index (χ1v) is 10.9. The number of nitrogens with one attached hydrogen (secondary N) is 1. The third kappa shape index (κ3) is 5.17. The molecule has 2 heterocycles. The molecule has 158 valence electrons. The highest BCUT2D eigenvalue weighted by Gasteiger charge is 2.30. The van der Waals surface area contributed by atoms with Gasteiger partial charge in [-0.05, 0) is 43.2 Å². The summed E-state index contributed by atoms with van der Waals surface area (Å²) in [7, 11) is 0. The normalized spacial score (nSPS) is 17.7. The summed E-state index contributed by atoms with van der Waals surface area (Å²) in [4.78, 5) is 31.3. The van der Waals surface area contributed by atoms with E-state index in [1.807, 2.05) is 35.2 Å². The van der Waals surface area contributed by atoms with E-state index in [9.17, 15) is 9.59 Å². The number of ether oxygens (including phenoxy) is 1. The Morgan fingerprint density at radius 2 is 1.83 bits per heavy atom. The zero-order valence-corrected chi connectivity index (χ0v) is 17.3. The van der Waals surface area contributed by atoms with Crippen LogP contribution in [-0.2, 0) is 11.3 Å². The van der Waals surface area contributed by atoms with Gasteiger partial charge in [0, 0.05) is 43.6 Å². The van der Waals surface area contributed by atoms with Crippen LogP contribution in [0, 0.1) is 5.92 Å². The van der Waals surface area contributed by atoms with Crippen LogP contribution in [0.25, 0.3) is 0 Å². The van der Waals surface area contributed by atoms with E-state index in [-0.39, 0.29) is 17.9 Å². The van der Waals surface area contributed by atoms with Crippen LogP contribution in [-0.4, -0.2) is 40.9 Å². The van der Waals surface area contributed by atoms with Crippen molar-refractivity contribution in [2.75, 3.05) is 13.1 Å². The molecule has 4 rings (SSSR count). The molecule has 1 aromatic carbocycles. The van der Waals surface area contributed by atoms with E-state index in [1.54, 1.807) is 18.3 Å². The van der Waals surface area contributed by atoms with Gasteiger partial charge in [-0.1, -0.05) is 25.0 Å². The topological polar surface area (TPSA) is 71.5 Å². The molecule has 0 unspecified atom stereocenters. The van der Waals surface area contributed by atoms with E-state index in [2.05, 4.69) is 10.3 Å². The number of nitrogens with zero attached hydrogens (tertiary/aromatic N) is 2. The summed E-state index contributed by atoms with van der Waals surface area (Å²) in [5.41, 5.74) is 1.38. The van der Waals surface area contributed by atoms with Crippen molar-refractivity contribution in [3.8, 4) is 5.75 Å². The number of benzene rings is 1. The van der Waals surface area contributed by atoms with Crippen LogP contribution >= 0.6 is 0 Å². The van der Waals surface area contributed by atoms with E-state index < -0.39 is 0 Å². The number of aromatic nitrogens is 1. The van der Waals surface area contributed by atoms with Gasteiger partial charge in [-0.3, -0.25) is 14.6 Å². The van der Waals surface area contributed by atoms with Crippen LogP contribution in [0.4, 0.5) is 0 Å². The lowest BCUT2D eigenvalue weighted by atomic mass is 10.0. The molecule has 1 aliphatic carbocycles. The zero-order chi connectivity index (χ0) is 20.8. The molecule has 0 spiro atoms. The van der Waals surface area contributed by atoms with Crippen molar-refractivity contribution in [2.45, 2.75) is 51.2 Å². The number of piperidine rings is 1. The van der Waals surface area contributed by atoms with Crippen LogP contribution < -0.4 is 10.1 Å². The Morgan fingerprint density at radius 3 is 2.57 bits per heavy atom. The highest BCUT2D eigenvalue weighted by atomic mass is 16.5. The van der Waals surface area contributed by atoms with E-state index in [0.717, 1.165) is 44.5 Å². The molecule has 2 aliphatic rings. The van der Waals surface area contributed by atoms with Gasteiger partial charge in [0.1, 0.15) is 11.9 Å². The first-order valence-electron chi connectivity index (χ1n) is 10.9. The third-order valence-corrected chi connectivity index (χ3v) is 6.01. The molecule has 1 N–H and O–H groups in total. The van der Waals surface area contributed by atoms with Crippen molar-refractivity contribution in [1.82, 2.24) is 15.2 Å². The Labute approximate surface area is 177 Å². The molecule has 2 aromatic rings. The third-order valence-electron chi connectivity index (χ3n) is 6.01. The smallest absolute Gasteiger partial charge is 0.251 e. The quantitative estimate of drug-likeness (QED) is 0.795. The Hall–Kier alpha value is -2.89. The van der Waals surface area contributed by atoms with Crippen molar-refractivity contribution in [1.29, 1.82) is 0 Å². The standard InChI is InChI=1S/C24H29N3O3/c28-23(26-17-20-9-3-4-13-25-20)19-8-5-10-22(16-19)30-21-11-14-27(15-12-21)24(29)18-6-1-2-7-18/h3-5,8-10,13,16,18,21H,1-2,6-7,11-12,14-15,17H2,(H,26,28). The number of pyridine rings is 1. The predicted molar refractivity (Wildman–Crippen MR) is 114 cm³/mol. The molecule has 1 aliphatic heterocycles. The molecule has 1 aromatic heterocycles. The SMILES string of the molecule is O=C(NCc1ccccn1)c1cccc(OC2CCN(C(=O)C3CCCC3)CC2)c1. The Balaban J connectivity index is 1.27. The fraction of sp³-hybridized carbons (Fsp3) is 0.458. The van der Waals surface area contributed by atoms with Gasteiger partial charge in [-0.2, -0.15) is 0 Å². The zero-order valence-electron chi connectivity index (χ0n) is 17.3. The molecule has 1 saturated heterocycles. The largest absolute Gasteiger partial charge is 0.490 e. The lowest BCUT2D eigenvalue weighted by Gasteiger charge is -2.33. The number of hydrogen-bond acceptors (Lipinski definition) is 4. The number of amides is 2. The average molecular weight is 408 g/mol. The van der Waals surface area contributed by atoms with E-state index in [0.29, 0.717) is 23.8 Å². The van der Waals surface area contributed by atoms with Gasteiger partial charge >= 0.3 is 0 Å². The summed E-state index contributed by atoms with van der Waals surface area (Å²) in [5.74, 6) is 1.12. The number of carbonyl (C=O) groups is 2. The van der Waals surface area contributed by atoms with Crippen LogP contribution in [0.1, 0.15) is 54.6 Å². The molecule has 2 fully saturated rings. The van der Waals surface area contributed by atoms with Gasteiger partial charge < -0.3 is 15.0 Å². The summed E-state index contributed by atoms with van der Waals surface area (Å²) in [6.07, 6.45) is 7.90. The van der Waals surface area contributed by atoms with E-state index in [4.69, 9.17) is 4.74 Å². The minimum atomic E-state index is -0.150. The summed E-state index contributed by atoms with van der Waals surface area (Å²) in [5, 5.41) is 2.89. The second-order valence-electron chi connectivity index (χ2n) is 8.16. The summed E-state index contributed by atoms with van der Waals surface area (Å²) in [6.45, 7) is 1.90. The molecule has 0 radical (unpaired) electrons. The molecule has 6 nitrogen and oxygen atoms in total. The van der Waals surface area contributed by atoms with Crippen LogP contribution in [0.5, 0.6) is 5.75 Å². The number of carbonyl (C=O) groups excluding carboxylic acids is 2. The Kier molecular flexibility index (Phi) is 6.62. The van der Waals surface area contributed by atoms with E-state index in [1.165, 1.54) is 12.8 Å². The molecule has 6 heteroatoms. The Morgan fingerprint density at radius 1 is 1.03 bits per heavy atom. The van der Waals surface area contributed by atoms with E-state index >= 15 is 0 Å². The monoisotopic (exact) mass is 407 g/mol. The van der Waals surface area contributed by atoms with Crippen molar-refractivity contribution in [3.63, 3.8) is 0 Å². The maximum absolute atomic E-state index is 12.6. The maximum Gasteiger partial charge on any atom is 0.251 e. The van der Waals surface area contributed by atoms with Gasteiger partial charge in [0.15, 0.2) is 0 Å². The van der Waals surface area contributed by atoms with Gasteiger partial charge in [0.2, 0.25) is 5.91 Å². The maximum atomic E-state index is 12.6. The molecule has 30 heavy (non-hydrogen) atoms. The number of hydrogen-bond donors (Lipinski definition) is 1. The second kappa shape index (κ2) is 9.74. The fourth-order valence-electron chi connectivity index (χ4n) is 4.30. The molecular formula is C24H29N3O3. The highest BCUT2D eigenvalue weighted by Crippen LogP contribution is 2.28. The van der Waals surface area contributed by atoms with Crippen molar-refractivity contribution >= 4 is 11.8 Å². The number of likely N-dealkylation sites (tertiary alicyclic amines) is 1. The fourth-order valence-corrected chi connectivity index (χ4v) is 4.30. The molecule has 0 atom stereocenters. The number of rotatable bonds is 6. The minimum Gasteiger partial charge on any atom is -0.490 e. The first-order chi connectivity index (χ1) is 14.7. The van der Waals surface area contributed by atoms with Gasteiger partial charge in [-0.15, -0.1) is 0 Å². The highest BCUT2D eigenvalue weighted by molar-refractivity contribution is 5.94. The summed E-state index contributed by atoms with van der Waals surface area (Å²) in [6, 6.07) is 12.9. The molecule has 2 amide bonds. The van der Waals surface area contributed by atoms with Crippen molar-refractivity contribution < 1.29 is 14.3 Å². The van der Waals surface area contributed by atoms with Crippen LogP contribution in [0.2, 0.25) is 0 Å². The minimum absolute atomic E-state index is 0.0736. The van der Waals surface area contributed by atoms with Crippen LogP contribution in [0.15, 0.2) is 48.7 Å². The van der Waals surface area contributed by atoms with Gasteiger partial charge in [0.25, 0.3) is 5.91 Å².